The molecule has 1 rings (SSSR count). The molecule has 6 heteroatoms. The van der Waals surface area contributed by atoms with Gasteiger partial charge in [-0.2, -0.15) is 13.2 Å². The molecule has 1 aromatic rings. The summed E-state index contributed by atoms with van der Waals surface area (Å²) in [5, 5.41) is 2.24. The lowest BCUT2D eigenvalue weighted by Crippen LogP contribution is -2.17. The van der Waals surface area contributed by atoms with E-state index in [9.17, 15) is 18.0 Å². The van der Waals surface area contributed by atoms with Gasteiger partial charge >= 0.3 is 6.18 Å². The van der Waals surface area contributed by atoms with Crippen LogP contribution in [0.25, 0.3) is 0 Å². The molecule has 0 atom stereocenters. The number of ether oxygens (including phenoxy) is 1. The van der Waals surface area contributed by atoms with Crippen molar-refractivity contribution in [1.82, 2.24) is 0 Å². The van der Waals surface area contributed by atoms with E-state index < -0.39 is 17.6 Å². The topological polar surface area (TPSA) is 38.3 Å². The molecule has 0 fully saturated rings. The Balaban J connectivity index is 2.70. The SMILES string of the molecule is CCOCCC(=O)Nc1ccccc1C(F)(F)F. The maximum atomic E-state index is 12.6. The van der Waals surface area contributed by atoms with E-state index in [2.05, 4.69) is 5.32 Å². The van der Waals surface area contributed by atoms with Crippen LogP contribution in [0.3, 0.4) is 0 Å². The van der Waals surface area contributed by atoms with Gasteiger partial charge in [0.15, 0.2) is 0 Å². The zero-order valence-corrected chi connectivity index (χ0v) is 9.88. The third kappa shape index (κ3) is 4.37. The Hall–Kier alpha value is -1.56. The first-order valence-corrected chi connectivity index (χ1v) is 5.49. The van der Waals surface area contributed by atoms with Gasteiger partial charge in [-0.15, -0.1) is 0 Å². The number of carbonyl (C=O) groups is 1. The number of para-hydroxylation sites is 1. The summed E-state index contributed by atoms with van der Waals surface area (Å²) in [4.78, 5) is 11.4. The van der Waals surface area contributed by atoms with Crippen molar-refractivity contribution in [3.05, 3.63) is 29.8 Å². The van der Waals surface area contributed by atoms with Gasteiger partial charge in [0.1, 0.15) is 0 Å². The van der Waals surface area contributed by atoms with E-state index in [1.807, 2.05) is 0 Å². The molecule has 0 unspecified atom stereocenters. The van der Waals surface area contributed by atoms with Crippen LogP contribution in [-0.2, 0) is 15.7 Å². The fourth-order valence-electron chi connectivity index (χ4n) is 1.36. The molecule has 3 nitrogen and oxygen atoms in total. The van der Waals surface area contributed by atoms with Gasteiger partial charge in [0.2, 0.25) is 5.91 Å². The molecule has 0 aliphatic rings. The number of hydrogen-bond donors (Lipinski definition) is 1. The molecule has 0 spiro atoms. The van der Waals surface area contributed by atoms with Crippen LogP contribution in [0.2, 0.25) is 0 Å². The van der Waals surface area contributed by atoms with Crippen molar-refractivity contribution in [3.63, 3.8) is 0 Å². The van der Waals surface area contributed by atoms with Crippen LogP contribution >= 0.6 is 0 Å². The largest absolute Gasteiger partial charge is 0.418 e. The molecular formula is C12H14F3NO2. The highest BCUT2D eigenvalue weighted by atomic mass is 19.4. The summed E-state index contributed by atoms with van der Waals surface area (Å²) in [6.07, 6.45) is -4.45. The summed E-state index contributed by atoms with van der Waals surface area (Å²) in [5.74, 6) is -0.500. The maximum absolute atomic E-state index is 12.6. The van der Waals surface area contributed by atoms with E-state index in [4.69, 9.17) is 4.74 Å². The van der Waals surface area contributed by atoms with Crippen molar-refractivity contribution in [3.8, 4) is 0 Å². The Morgan fingerprint density at radius 1 is 1.33 bits per heavy atom. The first-order valence-electron chi connectivity index (χ1n) is 5.49. The molecule has 1 amide bonds. The van der Waals surface area contributed by atoms with Gasteiger partial charge < -0.3 is 10.1 Å². The molecule has 0 aliphatic carbocycles. The molecule has 0 saturated heterocycles. The lowest BCUT2D eigenvalue weighted by atomic mass is 10.1. The minimum absolute atomic E-state index is 0.0278. The third-order valence-corrected chi connectivity index (χ3v) is 2.18. The number of benzene rings is 1. The number of anilines is 1. The fourth-order valence-corrected chi connectivity index (χ4v) is 1.36. The molecule has 18 heavy (non-hydrogen) atoms. The third-order valence-electron chi connectivity index (χ3n) is 2.18. The van der Waals surface area contributed by atoms with Crippen molar-refractivity contribution in [2.75, 3.05) is 18.5 Å². The lowest BCUT2D eigenvalue weighted by molar-refractivity contribution is -0.137. The van der Waals surface area contributed by atoms with Crippen LogP contribution < -0.4 is 5.32 Å². The number of hydrogen-bond acceptors (Lipinski definition) is 2. The summed E-state index contributed by atoms with van der Waals surface area (Å²) in [5.41, 5.74) is -1.08. The normalized spacial score (nSPS) is 11.3. The van der Waals surface area contributed by atoms with Crippen molar-refractivity contribution >= 4 is 11.6 Å². The molecule has 100 valence electrons. The second-order valence-corrected chi connectivity index (χ2v) is 3.54. The quantitative estimate of drug-likeness (QED) is 0.827. The Bertz CT molecular complexity index is 405. The predicted molar refractivity (Wildman–Crippen MR) is 61.2 cm³/mol. The number of carbonyl (C=O) groups excluding carboxylic acids is 1. The first kappa shape index (κ1) is 14.5. The Morgan fingerprint density at radius 2 is 2.00 bits per heavy atom. The van der Waals surface area contributed by atoms with Gasteiger partial charge in [0, 0.05) is 6.61 Å². The van der Waals surface area contributed by atoms with Gasteiger partial charge in [0.05, 0.1) is 24.3 Å². The van der Waals surface area contributed by atoms with E-state index in [1.165, 1.54) is 18.2 Å². The maximum Gasteiger partial charge on any atom is 0.418 e. The molecule has 0 aliphatic heterocycles. The molecule has 0 aromatic heterocycles. The highest BCUT2D eigenvalue weighted by molar-refractivity contribution is 5.91. The monoisotopic (exact) mass is 261 g/mol. The number of halogens is 3. The summed E-state index contributed by atoms with van der Waals surface area (Å²) < 4.78 is 42.8. The Kier molecular flexibility index (Phi) is 5.15. The van der Waals surface area contributed by atoms with Crippen molar-refractivity contribution in [2.24, 2.45) is 0 Å². The standard InChI is InChI=1S/C12H14F3NO2/c1-2-18-8-7-11(17)16-10-6-4-3-5-9(10)12(13,14)15/h3-6H,2,7-8H2,1H3,(H,16,17). The predicted octanol–water partition coefficient (Wildman–Crippen LogP) is 3.07. The Morgan fingerprint density at radius 3 is 2.61 bits per heavy atom. The number of amides is 1. The van der Waals surface area contributed by atoms with Gasteiger partial charge in [-0.25, -0.2) is 0 Å². The van der Waals surface area contributed by atoms with Crippen LogP contribution in [0.15, 0.2) is 24.3 Å². The van der Waals surface area contributed by atoms with Crippen LogP contribution in [-0.4, -0.2) is 19.1 Å². The zero-order chi connectivity index (χ0) is 13.6. The van der Waals surface area contributed by atoms with Crippen molar-refractivity contribution in [2.45, 2.75) is 19.5 Å². The van der Waals surface area contributed by atoms with Crippen molar-refractivity contribution in [1.29, 1.82) is 0 Å². The van der Waals surface area contributed by atoms with Crippen LogP contribution in [0.4, 0.5) is 18.9 Å². The van der Waals surface area contributed by atoms with E-state index in [-0.39, 0.29) is 18.7 Å². The molecule has 0 saturated carbocycles. The summed E-state index contributed by atoms with van der Waals surface area (Å²) in [6.45, 7) is 2.43. The van der Waals surface area contributed by atoms with Crippen LogP contribution in [0.5, 0.6) is 0 Å². The minimum atomic E-state index is -4.48. The molecule has 1 N–H and O–H groups in total. The first-order chi connectivity index (χ1) is 8.45. The lowest BCUT2D eigenvalue weighted by Gasteiger charge is -2.13. The van der Waals surface area contributed by atoms with Gasteiger partial charge in [-0.05, 0) is 19.1 Å². The summed E-state index contributed by atoms with van der Waals surface area (Å²) >= 11 is 0. The number of rotatable bonds is 5. The van der Waals surface area contributed by atoms with Gasteiger partial charge in [0.25, 0.3) is 0 Å². The second kappa shape index (κ2) is 6.39. The number of nitrogens with one attached hydrogen (secondary N) is 1. The zero-order valence-electron chi connectivity index (χ0n) is 9.88. The highest BCUT2D eigenvalue weighted by Crippen LogP contribution is 2.34. The van der Waals surface area contributed by atoms with Crippen LogP contribution in [0.1, 0.15) is 18.9 Å². The van der Waals surface area contributed by atoms with E-state index in [1.54, 1.807) is 6.92 Å². The van der Waals surface area contributed by atoms with Gasteiger partial charge in [-0.3, -0.25) is 4.79 Å². The molecule has 0 heterocycles. The fraction of sp³-hybridized carbons (Fsp3) is 0.417. The molecule has 1 aromatic carbocycles. The summed E-state index contributed by atoms with van der Waals surface area (Å²) in [6, 6.07) is 4.87. The Labute approximate surface area is 103 Å². The van der Waals surface area contributed by atoms with E-state index in [0.29, 0.717) is 6.61 Å². The highest BCUT2D eigenvalue weighted by Gasteiger charge is 2.33. The molecule has 0 bridgehead atoms. The van der Waals surface area contributed by atoms with Crippen LogP contribution in [0, 0.1) is 0 Å². The smallest absolute Gasteiger partial charge is 0.381 e. The van der Waals surface area contributed by atoms with E-state index in [0.717, 1.165) is 6.07 Å². The molecular weight excluding hydrogens is 247 g/mol. The van der Waals surface area contributed by atoms with Crippen molar-refractivity contribution < 1.29 is 22.7 Å². The average molecular weight is 261 g/mol. The second-order valence-electron chi connectivity index (χ2n) is 3.54. The summed E-state index contributed by atoms with van der Waals surface area (Å²) in [7, 11) is 0. The average Bonchev–Trinajstić information content (AvgIpc) is 2.28. The van der Waals surface area contributed by atoms with E-state index >= 15 is 0 Å². The number of alkyl halides is 3. The van der Waals surface area contributed by atoms with Gasteiger partial charge in [-0.1, -0.05) is 12.1 Å². The molecule has 0 radical (unpaired) electrons. The minimum Gasteiger partial charge on any atom is -0.381 e.